The van der Waals surface area contributed by atoms with Crippen LogP contribution in [0.1, 0.15) is 93.4 Å². The molecule has 5 heteroatoms. The SMILES string of the molecule is COC1C=C2C3C(C)C(C)CCC3(C(=O)O)CCC2(C)C2(C)CCC3C(C)(C)C(O)C(O)CC3(C)C12. The summed E-state index contributed by atoms with van der Waals surface area (Å²) in [5.41, 5.74) is -0.0819. The van der Waals surface area contributed by atoms with Gasteiger partial charge in [0.1, 0.15) is 0 Å². The van der Waals surface area contributed by atoms with Gasteiger partial charge in [-0.1, -0.05) is 60.1 Å². The number of hydrogen-bond donors (Lipinski definition) is 3. The molecular formula is C31H50O5. The van der Waals surface area contributed by atoms with Crippen LogP contribution in [0.2, 0.25) is 0 Å². The Labute approximate surface area is 218 Å². The Hall–Kier alpha value is -0.910. The van der Waals surface area contributed by atoms with E-state index in [2.05, 4.69) is 54.5 Å². The average molecular weight is 503 g/mol. The van der Waals surface area contributed by atoms with Gasteiger partial charge >= 0.3 is 5.97 Å². The quantitative estimate of drug-likeness (QED) is 0.423. The van der Waals surface area contributed by atoms with Crippen LogP contribution in [0.25, 0.3) is 0 Å². The molecule has 3 N–H and O–H groups in total. The molecule has 0 radical (unpaired) electrons. The van der Waals surface area contributed by atoms with Crippen molar-refractivity contribution in [3.63, 3.8) is 0 Å². The Kier molecular flexibility index (Phi) is 5.97. The van der Waals surface area contributed by atoms with E-state index in [0.717, 1.165) is 38.5 Å². The van der Waals surface area contributed by atoms with Crippen molar-refractivity contribution in [2.45, 2.75) is 112 Å². The number of carboxylic acids is 1. The van der Waals surface area contributed by atoms with Crippen LogP contribution in [-0.4, -0.2) is 46.7 Å². The summed E-state index contributed by atoms with van der Waals surface area (Å²) in [7, 11) is 1.80. The topological polar surface area (TPSA) is 87.0 Å². The zero-order chi connectivity index (χ0) is 26.6. The summed E-state index contributed by atoms with van der Waals surface area (Å²) >= 11 is 0. The van der Waals surface area contributed by atoms with Crippen molar-refractivity contribution in [2.75, 3.05) is 7.11 Å². The number of aliphatic carboxylic acids is 1. The summed E-state index contributed by atoms with van der Waals surface area (Å²) in [5, 5.41) is 32.7. The van der Waals surface area contributed by atoms with Gasteiger partial charge in [0.25, 0.3) is 0 Å². The minimum Gasteiger partial charge on any atom is -0.481 e. The van der Waals surface area contributed by atoms with E-state index in [0.29, 0.717) is 18.3 Å². The largest absolute Gasteiger partial charge is 0.481 e. The first-order chi connectivity index (χ1) is 16.6. The Morgan fingerprint density at radius 3 is 2.28 bits per heavy atom. The van der Waals surface area contributed by atoms with Crippen molar-refractivity contribution in [1.29, 1.82) is 0 Å². The van der Waals surface area contributed by atoms with Crippen LogP contribution in [-0.2, 0) is 9.53 Å². The van der Waals surface area contributed by atoms with Crippen LogP contribution < -0.4 is 0 Å². The molecule has 0 aliphatic heterocycles. The fourth-order valence-corrected chi connectivity index (χ4v) is 11.3. The Balaban J connectivity index is 1.69. The first-order valence-electron chi connectivity index (χ1n) is 14.5. The summed E-state index contributed by atoms with van der Waals surface area (Å²) in [6.45, 7) is 16.1. The summed E-state index contributed by atoms with van der Waals surface area (Å²) in [4.78, 5) is 12.9. The van der Waals surface area contributed by atoms with Crippen LogP contribution in [0.4, 0.5) is 0 Å². The highest BCUT2D eigenvalue weighted by atomic mass is 16.5. The molecule has 0 aromatic carbocycles. The van der Waals surface area contributed by atoms with Gasteiger partial charge < -0.3 is 20.1 Å². The van der Waals surface area contributed by atoms with E-state index in [1.54, 1.807) is 7.11 Å². The summed E-state index contributed by atoms with van der Waals surface area (Å²) < 4.78 is 6.33. The first kappa shape index (κ1) is 26.7. The molecular weight excluding hydrogens is 452 g/mol. The van der Waals surface area contributed by atoms with E-state index < -0.39 is 23.6 Å². The summed E-state index contributed by atoms with van der Waals surface area (Å²) in [5.74, 6) is 0.716. The van der Waals surface area contributed by atoms with E-state index >= 15 is 0 Å². The lowest BCUT2D eigenvalue weighted by Gasteiger charge is -2.72. The number of allylic oxidation sites excluding steroid dienone is 1. The van der Waals surface area contributed by atoms with Gasteiger partial charge in [-0.3, -0.25) is 4.79 Å². The average Bonchev–Trinajstić information content (AvgIpc) is 2.79. The number of hydrogen-bond acceptors (Lipinski definition) is 4. The van der Waals surface area contributed by atoms with Crippen LogP contribution in [0, 0.1) is 56.7 Å². The van der Waals surface area contributed by atoms with E-state index in [-0.39, 0.29) is 45.5 Å². The molecule has 0 aromatic rings. The number of carbonyl (C=O) groups is 1. The molecule has 12 unspecified atom stereocenters. The third-order valence-electron chi connectivity index (χ3n) is 13.6. The zero-order valence-corrected chi connectivity index (χ0v) is 23.8. The molecule has 0 spiro atoms. The molecule has 0 saturated heterocycles. The lowest BCUT2D eigenvalue weighted by atomic mass is 9.32. The van der Waals surface area contributed by atoms with Crippen LogP contribution in [0.5, 0.6) is 0 Å². The molecule has 4 fully saturated rings. The lowest BCUT2D eigenvalue weighted by Crippen LogP contribution is -2.69. The molecule has 5 rings (SSSR count). The van der Waals surface area contributed by atoms with E-state index in [4.69, 9.17) is 4.74 Å². The molecule has 5 aliphatic rings. The first-order valence-corrected chi connectivity index (χ1v) is 14.5. The lowest BCUT2D eigenvalue weighted by molar-refractivity contribution is -0.250. The van der Waals surface area contributed by atoms with Crippen molar-refractivity contribution in [1.82, 2.24) is 0 Å². The van der Waals surface area contributed by atoms with Gasteiger partial charge in [0.15, 0.2) is 0 Å². The van der Waals surface area contributed by atoms with E-state index in [9.17, 15) is 20.1 Å². The Morgan fingerprint density at radius 1 is 1.00 bits per heavy atom. The molecule has 5 nitrogen and oxygen atoms in total. The molecule has 0 aromatic heterocycles. The molecule has 4 saturated carbocycles. The highest BCUT2D eigenvalue weighted by Gasteiger charge is 2.72. The molecule has 0 amide bonds. The number of methoxy groups -OCH3 is 1. The summed E-state index contributed by atoms with van der Waals surface area (Å²) in [6.07, 6.45) is 6.78. The molecule has 204 valence electrons. The number of carboxylic acid groups (broad SMARTS) is 1. The number of fused-ring (bicyclic) bond motifs is 7. The Bertz CT molecular complexity index is 957. The number of aliphatic hydroxyl groups is 2. The Morgan fingerprint density at radius 2 is 1.67 bits per heavy atom. The second-order valence-corrected chi connectivity index (χ2v) is 15.0. The van der Waals surface area contributed by atoms with Crippen molar-refractivity contribution in [2.24, 2.45) is 56.7 Å². The molecule has 36 heavy (non-hydrogen) atoms. The minimum absolute atomic E-state index is 0.0358. The second kappa shape index (κ2) is 8.05. The van der Waals surface area contributed by atoms with Gasteiger partial charge in [0.05, 0.1) is 23.7 Å². The van der Waals surface area contributed by atoms with Gasteiger partial charge in [-0.15, -0.1) is 0 Å². The third-order valence-corrected chi connectivity index (χ3v) is 13.6. The fraction of sp³-hybridized carbons (Fsp3) is 0.903. The number of aliphatic hydroxyl groups excluding tert-OH is 2. The maximum absolute atomic E-state index is 12.9. The molecule has 0 bridgehead atoms. The zero-order valence-electron chi connectivity index (χ0n) is 23.8. The van der Waals surface area contributed by atoms with E-state index in [1.165, 1.54) is 5.57 Å². The fourth-order valence-electron chi connectivity index (χ4n) is 11.3. The van der Waals surface area contributed by atoms with Crippen LogP contribution in [0.15, 0.2) is 11.6 Å². The van der Waals surface area contributed by atoms with Gasteiger partial charge in [-0.05, 0) is 90.3 Å². The molecule has 0 heterocycles. The predicted molar refractivity (Wildman–Crippen MR) is 140 cm³/mol. The molecule has 12 atom stereocenters. The van der Waals surface area contributed by atoms with Gasteiger partial charge in [0, 0.05) is 13.0 Å². The normalized spacial score (nSPS) is 55.9. The van der Waals surface area contributed by atoms with E-state index in [1.807, 2.05) is 0 Å². The second-order valence-electron chi connectivity index (χ2n) is 15.0. The number of rotatable bonds is 2. The van der Waals surface area contributed by atoms with Gasteiger partial charge in [0.2, 0.25) is 0 Å². The monoisotopic (exact) mass is 502 g/mol. The van der Waals surface area contributed by atoms with Gasteiger partial charge in [-0.2, -0.15) is 0 Å². The highest BCUT2D eigenvalue weighted by molar-refractivity contribution is 5.76. The highest BCUT2D eigenvalue weighted by Crippen LogP contribution is 2.76. The third kappa shape index (κ3) is 3.03. The van der Waals surface area contributed by atoms with Crippen molar-refractivity contribution >= 4 is 5.97 Å². The summed E-state index contributed by atoms with van der Waals surface area (Å²) in [6, 6.07) is 0. The smallest absolute Gasteiger partial charge is 0.310 e. The minimum atomic E-state index is -0.746. The predicted octanol–water partition coefficient (Wildman–Crippen LogP) is 5.69. The van der Waals surface area contributed by atoms with Crippen LogP contribution in [0.3, 0.4) is 0 Å². The standard InChI is InChI=1S/C31H50O5/c1-17-9-12-31(26(34)35)14-13-29(6)19(23(31)18(17)2)15-21(36-8)24-28(5)16-20(32)25(33)27(3,4)22(28)10-11-30(24,29)7/h15,17-18,20-25,32-33H,9-14,16H2,1-8H3,(H,34,35). The van der Waals surface area contributed by atoms with Gasteiger partial charge in [-0.25, -0.2) is 0 Å². The maximum Gasteiger partial charge on any atom is 0.310 e. The van der Waals surface area contributed by atoms with Crippen molar-refractivity contribution < 1.29 is 24.9 Å². The van der Waals surface area contributed by atoms with Crippen molar-refractivity contribution in [3.05, 3.63) is 11.6 Å². The number of ether oxygens (including phenoxy) is 1. The maximum atomic E-state index is 12.9. The van der Waals surface area contributed by atoms with Crippen molar-refractivity contribution in [3.8, 4) is 0 Å². The molecule has 5 aliphatic carbocycles. The van der Waals surface area contributed by atoms with Crippen LogP contribution >= 0.6 is 0 Å².